The van der Waals surface area contributed by atoms with Crippen LogP contribution in [0.1, 0.15) is 42.7 Å². The van der Waals surface area contributed by atoms with E-state index >= 15 is 0 Å². The summed E-state index contributed by atoms with van der Waals surface area (Å²) < 4.78 is 3.94. The minimum Gasteiger partial charge on any atom is -0.311 e. The summed E-state index contributed by atoms with van der Waals surface area (Å²) in [7, 11) is 3.94. The zero-order valence-corrected chi connectivity index (χ0v) is 14.2. The molecule has 0 aliphatic carbocycles. The Labute approximate surface area is 131 Å². The van der Waals surface area contributed by atoms with E-state index in [-0.39, 0.29) is 6.04 Å². The van der Waals surface area contributed by atoms with Crippen LogP contribution in [0.5, 0.6) is 0 Å². The molecule has 2 heterocycles. The lowest BCUT2D eigenvalue weighted by molar-refractivity contribution is 0.508. The van der Waals surface area contributed by atoms with E-state index < -0.39 is 0 Å². The monoisotopic (exact) mass is 309 g/mol. The Morgan fingerprint density at radius 1 is 1.33 bits per heavy atom. The highest BCUT2D eigenvalue weighted by Gasteiger charge is 2.21. The van der Waals surface area contributed by atoms with Gasteiger partial charge in [-0.25, -0.2) is 0 Å². The van der Waals surface area contributed by atoms with Crippen LogP contribution in [-0.4, -0.2) is 26.6 Å². The number of nitrogens with zero attached hydrogens (tertiary/aromatic N) is 4. The van der Waals surface area contributed by atoms with Crippen molar-refractivity contribution in [3.8, 4) is 0 Å². The SMILES string of the molecule is CCc1nn(CC)c(CC(NC)c2cc(C)nn2C)c1Cl. The molecule has 0 bridgehead atoms. The van der Waals surface area contributed by atoms with Gasteiger partial charge in [0.2, 0.25) is 0 Å². The number of nitrogens with one attached hydrogen (secondary N) is 1. The quantitative estimate of drug-likeness (QED) is 0.892. The van der Waals surface area contributed by atoms with Gasteiger partial charge < -0.3 is 5.32 Å². The fraction of sp³-hybridized carbons (Fsp3) is 0.600. The first kappa shape index (κ1) is 16.0. The average Bonchev–Trinajstić information content (AvgIpc) is 2.95. The lowest BCUT2D eigenvalue weighted by atomic mass is 10.1. The predicted octanol–water partition coefficient (Wildman–Crippen LogP) is 2.66. The minimum absolute atomic E-state index is 0.167. The van der Waals surface area contributed by atoms with Crippen molar-refractivity contribution in [3.05, 3.63) is 33.9 Å². The maximum absolute atomic E-state index is 6.51. The first-order valence-electron chi connectivity index (χ1n) is 7.43. The summed E-state index contributed by atoms with van der Waals surface area (Å²) >= 11 is 6.51. The van der Waals surface area contributed by atoms with Gasteiger partial charge in [0.05, 0.1) is 33.8 Å². The lowest BCUT2D eigenvalue weighted by Gasteiger charge is -2.17. The molecule has 0 radical (unpaired) electrons. The highest BCUT2D eigenvalue weighted by Crippen LogP contribution is 2.27. The molecular formula is C15H24ClN5. The molecule has 2 rings (SSSR count). The van der Waals surface area contributed by atoms with E-state index in [1.807, 2.05) is 30.4 Å². The number of halogens is 1. The average molecular weight is 310 g/mol. The van der Waals surface area contributed by atoms with Crippen LogP contribution in [0.25, 0.3) is 0 Å². The van der Waals surface area contributed by atoms with E-state index in [0.717, 1.165) is 47.2 Å². The van der Waals surface area contributed by atoms with Crippen molar-refractivity contribution in [1.82, 2.24) is 24.9 Å². The third-order valence-corrected chi connectivity index (χ3v) is 4.27. The first-order valence-corrected chi connectivity index (χ1v) is 7.81. The second-order valence-electron chi connectivity index (χ2n) is 5.26. The minimum atomic E-state index is 0.167. The lowest BCUT2D eigenvalue weighted by Crippen LogP contribution is -2.23. The van der Waals surface area contributed by atoms with Crippen LogP contribution in [-0.2, 0) is 26.4 Å². The molecule has 6 heteroatoms. The van der Waals surface area contributed by atoms with Gasteiger partial charge in [-0.2, -0.15) is 10.2 Å². The van der Waals surface area contributed by atoms with Crippen LogP contribution >= 0.6 is 11.6 Å². The predicted molar refractivity (Wildman–Crippen MR) is 85.7 cm³/mol. The molecule has 21 heavy (non-hydrogen) atoms. The summed E-state index contributed by atoms with van der Waals surface area (Å²) in [4.78, 5) is 0. The second kappa shape index (κ2) is 6.62. The zero-order chi connectivity index (χ0) is 15.6. The van der Waals surface area contributed by atoms with E-state index in [1.165, 1.54) is 0 Å². The molecule has 0 saturated carbocycles. The van der Waals surface area contributed by atoms with E-state index in [2.05, 4.69) is 35.4 Å². The van der Waals surface area contributed by atoms with Gasteiger partial charge in [0, 0.05) is 20.0 Å². The topological polar surface area (TPSA) is 47.7 Å². The third-order valence-electron chi connectivity index (χ3n) is 3.84. The molecule has 0 amide bonds. The van der Waals surface area contributed by atoms with Crippen molar-refractivity contribution in [2.45, 2.75) is 46.2 Å². The van der Waals surface area contributed by atoms with Crippen LogP contribution in [0, 0.1) is 6.92 Å². The van der Waals surface area contributed by atoms with Crippen LogP contribution in [0.4, 0.5) is 0 Å². The van der Waals surface area contributed by atoms with Crippen molar-refractivity contribution in [2.24, 2.45) is 7.05 Å². The number of aromatic nitrogens is 4. The molecular weight excluding hydrogens is 286 g/mol. The van der Waals surface area contributed by atoms with Crippen molar-refractivity contribution in [2.75, 3.05) is 7.05 Å². The van der Waals surface area contributed by atoms with Gasteiger partial charge >= 0.3 is 0 Å². The molecule has 0 aromatic carbocycles. The van der Waals surface area contributed by atoms with E-state index in [9.17, 15) is 0 Å². The number of aryl methyl sites for hydroxylation is 4. The van der Waals surface area contributed by atoms with Gasteiger partial charge in [0.1, 0.15) is 0 Å². The zero-order valence-electron chi connectivity index (χ0n) is 13.4. The smallest absolute Gasteiger partial charge is 0.0850 e. The normalized spacial score (nSPS) is 12.9. The molecule has 116 valence electrons. The van der Waals surface area contributed by atoms with Crippen LogP contribution in [0.3, 0.4) is 0 Å². The highest BCUT2D eigenvalue weighted by molar-refractivity contribution is 6.31. The summed E-state index contributed by atoms with van der Waals surface area (Å²) in [6.45, 7) is 7.01. The van der Waals surface area contributed by atoms with Gasteiger partial charge in [-0.15, -0.1) is 0 Å². The fourth-order valence-corrected chi connectivity index (χ4v) is 3.06. The summed E-state index contributed by atoms with van der Waals surface area (Å²) in [5.41, 5.74) is 4.25. The molecule has 5 nitrogen and oxygen atoms in total. The second-order valence-corrected chi connectivity index (χ2v) is 5.63. The molecule has 1 atom stereocenters. The molecule has 0 saturated heterocycles. The Balaban J connectivity index is 2.35. The fourth-order valence-electron chi connectivity index (χ4n) is 2.72. The van der Waals surface area contributed by atoms with Gasteiger partial charge in [0.15, 0.2) is 0 Å². The van der Waals surface area contributed by atoms with Crippen molar-refractivity contribution >= 4 is 11.6 Å². The van der Waals surface area contributed by atoms with Crippen molar-refractivity contribution in [1.29, 1.82) is 0 Å². The van der Waals surface area contributed by atoms with Gasteiger partial charge in [-0.1, -0.05) is 18.5 Å². The van der Waals surface area contributed by atoms with Crippen LogP contribution in [0.15, 0.2) is 6.07 Å². The number of hydrogen-bond acceptors (Lipinski definition) is 3. The summed E-state index contributed by atoms with van der Waals surface area (Å²) in [5, 5.41) is 13.2. The third kappa shape index (κ3) is 3.14. The highest BCUT2D eigenvalue weighted by atomic mass is 35.5. The molecule has 1 unspecified atom stereocenters. The Morgan fingerprint density at radius 2 is 2.05 bits per heavy atom. The Kier molecular flexibility index (Phi) is 5.06. The molecule has 0 aliphatic heterocycles. The van der Waals surface area contributed by atoms with Crippen LogP contribution < -0.4 is 5.32 Å². The van der Waals surface area contributed by atoms with E-state index in [1.54, 1.807) is 0 Å². The summed E-state index contributed by atoms with van der Waals surface area (Å²) in [6.07, 6.45) is 1.66. The summed E-state index contributed by atoms with van der Waals surface area (Å²) in [5.74, 6) is 0. The molecule has 1 N–H and O–H groups in total. The number of rotatable bonds is 6. The molecule has 2 aromatic rings. The molecule has 2 aromatic heterocycles. The maximum Gasteiger partial charge on any atom is 0.0850 e. The Bertz CT molecular complexity index is 614. The Morgan fingerprint density at radius 3 is 2.52 bits per heavy atom. The molecule has 0 aliphatic rings. The maximum atomic E-state index is 6.51. The van der Waals surface area contributed by atoms with Crippen LogP contribution in [0.2, 0.25) is 5.02 Å². The van der Waals surface area contributed by atoms with Gasteiger partial charge in [-0.3, -0.25) is 9.36 Å². The standard InChI is InChI=1S/C15H24ClN5/c1-6-11-15(16)14(21(7-2)19-11)9-12(17-4)13-8-10(3)18-20(13)5/h8,12,17H,6-7,9H2,1-5H3. The number of likely N-dealkylation sites (N-methyl/N-ethyl adjacent to an activating group) is 1. The van der Waals surface area contributed by atoms with Crippen molar-refractivity contribution < 1.29 is 0 Å². The summed E-state index contributed by atoms with van der Waals surface area (Å²) in [6, 6.07) is 2.28. The van der Waals surface area contributed by atoms with Crippen molar-refractivity contribution in [3.63, 3.8) is 0 Å². The van der Waals surface area contributed by atoms with Gasteiger partial charge in [-0.05, 0) is 33.4 Å². The first-order chi connectivity index (χ1) is 10.0. The van der Waals surface area contributed by atoms with E-state index in [0.29, 0.717) is 0 Å². The van der Waals surface area contributed by atoms with E-state index in [4.69, 9.17) is 11.6 Å². The Hall–Kier alpha value is -1.33. The molecule has 0 fully saturated rings. The molecule has 0 spiro atoms. The largest absolute Gasteiger partial charge is 0.311 e. The van der Waals surface area contributed by atoms with Gasteiger partial charge in [0.25, 0.3) is 0 Å². The number of hydrogen-bond donors (Lipinski definition) is 1.